The Kier molecular flexibility index (Phi) is 4.51. The van der Waals surface area contributed by atoms with E-state index in [9.17, 15) is 8.78 Å². The van der Waals surface area contributed by atoms with Crippen molar-refractivity contribution in [2.24, 2.45) is 5.92 Å². The topological polar surface area (TPSA) is 108 Å². The number of alkyl halides is 2. The smallest absolute Gasteiger partial charge is 0.248 e. The Morgan fingerprint density at radius 1 is 1.15 bits per heavy atom. The number of nitrogens with zero attached hydrogens (tertiary/aromatic N) is 5. The highest BCUT2D eigenvalue weighted by atomic mass is 19.3. The van der Waals surface area contributed by atoms with Gasteiger partial charge in [0.2, 0.25) is 5.92 Å². The third-order valence-electron chi connectivity index (χ3n) is 6.06. The molecular formula is C24H21F2N7O. The average Bonchev–Trinajstić information content (AvgIpc) is 3.39. The number of aromatic amines is 1. The first kappa shape index (κ1) is 20.5. The van der Waals surface area contributed by atoms with Crippen molar-refractivity contribution in [1.29, 1.82) is 0 Å². The van der Waals surface area contributed by atoms with Crippen molar-refractivity contribution < 1.29 is 13.5 Å². The van der Waals surface area contributed by atoms with Crippen molar-refractivity contribution >= 4 is 27.8 Å². The lowest BCUT2D eigenvalue weighted by Crippen LogP contribution is -2.37. The maximum Gasteiger partial charge on any atom is 0.248 e. The minimum absolute atomic E-state index is 0.0540. The molecule has 8 nitrogen and oxygen atoms in total. The molecule has 1 aliphatic carbocycles. The Balaban J connectivity index is 1.23. The third-order valence-corrected chi connectivity index (χ3v) is 6.06. The van der Waals surface area contributed by atoms with E-state index in [1.165, 1.54) is 0 Å². The van der Waals surface area contributed by atoms with Crippen molar-refractivity contribution in [3.8, 4) is 22.8 Å². The molecule has 0 bridgehead atoms. The van der Waals surface area contributed by atoms with Crippen LogP contribution < -0.4 is 10.5 Å². The Hall–Kier alpha value is -4.08. The van der Waals surface area contributed by atoms with E-state index in [2.05, 4.69) is 25.0 Å². The van der Waals surface area contributed by atoms with Gasteiger partial charge in [-0.3, -0.25) is 9.67 Å². The molecule has 0 unspecified atom stereocenters. The summed E-state index contributed by atoms with van der Waals surface area (Å²) in [6.07, 6.45) is 4.93. The lowest BCUT2D eigenvalue weighted by molar-refractivity contribution is -0.114. The van der Waals surface area contributed by atoms with Crippen molar-refractivity contribution in [1.82, 2.24) is 29.7 Å². The molecule has 3 aromatic heterocycles. The highest BCUT2D eigenvalue weighted by Gasteiger charge is 2.45. The minimum atomic E-state index is -2.53. The van der Waals surface area contributed by atoms with Crippen molar-refractivity contribution in [2.45, 2.75) is 32.2 Å². The van der Waals surface area contributed by atoms with Gasteiger partial charge in [-0.25, -0.2) is 18.7 Å². The Bertz CT molecular complexity index is 1530. The van der Waals surface area contributed by atoms with Crippen LogP contribution in [-0.2, 0) is 6.54 Å². The average molecular weight is 461 g/mol. The lowest BCUT2D eigenvalue weighted by Gasteiger charge is -2.34. The van der Waals surface area contributed by atoms with Crippen LogP contribution >= 0.6 is 0 Å². The second kappa shape index (κ2) is 7.47. The molecule has 0 atom stereocenters. The van der Waals surface area contributed by atoms with E-state index in [1.54, 1.807) is 35.4 Å². The fraction of sp³-hybridized carbons (Fsp3) is 0.250. The van der Waals surface area contributed by atoms with Crippen LogP contribution in [0.4, 0.5) is 14.5 Å². The molecule has 1 fully saturated rings. The summed E-state index contributed by atoms with van der Waals surface area (Å²) in [6.45, 7) is 2.36. The monoisotopic (exact) mass is 461 g/mol. The molecule has 10 heteroatoms. The molecule has 0 amide bonds. The molecule has 5 aromatic rings. The zero-order chi connectivity index (χ0) is 23.4. The minimum Gasteiger partial charge on any atom is -0.455 e. The number of nitrogens with two attached hydrogens (primary N) is 1. The SMILES string of the molecule is Cc1nc2ccc(Oc3ccc4nc(-c5cnn(CC6CC(F)(F)C6)c5)cnc4c3N)cc2[nH]1. The van der Waals surface area contributed by atoms with Gasteiger partial charge in [0.1, 0.15) is 22.8 Å². The predicted octanol–water partition coefficient (Wildman–Crippen LogP) is 5.10. The first-order chi connectivity index (χ1) is 16.3. The molecule has 1 aliphatic rings. The first-order valence-electron chi connectivity index (χ1n) is 10.9. The second-order valence-electron chi connectivity index (χ2n) is 8.78. The Morgan fingerprint density at radius 3 is 2.79 bits per heavy atom. The maximum absolute atomic E-state index is 13.1. The van der Waals surface area contributed by atoms with Gasteiger partial charge in [-0.05, 0) is 37.1 Å². The van der Waals surface area contributed by atoms with Crippen LogP contribution in [0.2, 0.25) is 0 Å². The van der Waals surface area contributed by atoms with Gasteiger partial charge in [-0.15, -0.1) is 0 Å². The molecule has 172 valence electrons. The predicted molar refractivity (Wildman–Crippen MR) is 124 cm³/mol. The van der Waals surface area contributed by atoms with Crippen LogP contribution in [0, 0.1) is 12.8 Å². The van der Waals surface area contributed by atoms with Gasteiger partial charge in [-0.1, -0.05) is 0 Å². The summed E-state index contributed by atoms with van der Waals surface area (Å²) in [5.41, 5.74) is 11.0. The first-order valence-corrected chi connectivity index (χ1v) is 10.9. The summed E-state index contributed by atoms with van der Waals surface area (Å²) in [5.74, 6) is -0.642. The van der Waals surface area contributed by atoms with E-state index in [0.29, 0.717) is 40.5 Å². The van der Waals surface area contributed by atoms with Crippen molar-refractivity contribution in [3.05, 3.63) is 54.7 Å². The van der Waals surface area contributed by atoms with Crippen LogP contribution in [0.25, 0.3) is 33.3 Å². The fourth-order valence-corrected chi connectivity index (χ4v) is 4.40. The number of ether oxygens (including phenoxy) is 1. The molecule has 34 heavy (non-hydrogen) atoms. The maximum atomic E-state index is 13.1. The number of halogens is 2. The number of imidazole rings is 1. The number of fused-ring (bicyclic) bond motifs is 2. The second-order valence-corrected chi connectivity index (χ2v) is 8.78. The molecule has 0 spiro atoms. The van der Waals surface area contributed by atoms with E-state index in [1.807, 2.05) is 25.1 Å². The van der Waals surface area contributed by atoms with E-state index < -0.39 is 5.92 Å². The molecule has 2 aromatic carbocycles. The van der Waals surface area contributed by atoms with Crippen molar-refractivity contribution in [2.75, 3.05) is 5.73 Å². The normalized spacial score (nSPS) is 15.6. The lowest BCUT2D eigenvalue weighted by atomic mass is 9.81. The molecule has 0 radical (unpaired) electrons. The summed E-state index contributed by atoms with van der Waals surface area (Å²) in [7, 11) is 0. The van der Waals surface area contributed by atoms with E-state index >= 15 is 0 Å². The summed E-state index contributed by atoms with van der Waals surface area (Å²) in [4.78, 5) is 16.8. The Morgan fingerprint density at radius 2 is 1.97 bits per heavy atom. The molecule has 0 aliphatic heterocycles. The fourth-order valence-electron chi connectivity index (χ4n) is 4.40. The number of anilines is 1. The van der Waals surface area contributed by atoms with Gasteiger partial charge in [0, 0.05) is 37.2 Å². The number of hydrogen-bond donors (Lipinski definition) is 2. The highest BCUT2D eigenvalue weighted by Crippen LogP contribution is 2.43. The molecule has 3 heterocycles. The number of aryl methyl sites for hydroxylation is 1. The molecule has 1 saturated carbocycles. The van der Waals surface area contributed by atoms with Crippen LogP contribution in [0.15, 0.2) is 48.9 Å². The number of H-pyrrole nitrogens is 1. The number of nitrogen functional groups attached to an aromatic ring is 1. The van der Waals surface area contributed by atoms with E-state index in [-0.39, 0.29) is 18.8 Å². The van der Waals surface area contributed by atoms with Crippen molar-refractivity contribution in [3.63, 3.8) is 0 Å². The largest absolute Gasteiger partial charge is 0.455 e. The van der Waals surface area contributed by atoms with Gasteiger partial charge in [0.15, 0.2) is 5.75 Å². The quantitative estimate of drug-likeness (QED) is 0.353. The van der Waals surface area contributed by atoms with Crippen LogP contribution in [0.3, 0.4) is 0 Å². The molecule has 3 N–H and O–H groups in total. The van der Waals surface area contributed by atoms with Gasteiger partial charge in [-0.2, -0.15) is 5.10 Å². The number of hydrogen-bond acceptors (Lipinski definition) is 6. The van der Waals surface area contributed by atoms with Crippen LogP contribution in [-0.4, -0.2) is 35.6 Å². The van der Waals surface area contributed by atoms with Gasteiger partial charge < -0.3 is 15.5 Å². The Labute approximate surface area is 192 Å². The van der Waals surface area contributed by atoms with Gasteiger partial charge in [0.25, 0.3) is 0 Å². The van der Waals surface area contributed by atoms with Crippen LogP contribution in [0.1, 0.15) is 18.7 Å². The standard InChI is InChI=1S/C24H21F2N7O/c1-13-30-17-3-2-16(6-19(17)31-13)34-21-5-4-18-23(22(21)27)28-10-20(32-18)15-9-29-33(12-15)11-14-7-24(25,26)8-14/h2-6,9-10,12,14H,7-8,11,27H2,1H3,(H,30,31). The number of nitrogens with one attached hydrogen (secondary N) is 1. The summed E-state index contributed by atoms with van der Waals surface area (Å²) in [5, 5.41) is 4.30. The number of aromatic nitrogens is 6. The van der Waals surface area contributed by atoms with Gasteiger partial charge >= 0.3 is 0 Å². The van der Waals surface area contributed by atoms with E-state index in [4.69, 9.17) is 10.5 Å². The zero-order valence-electron chi connectivity index (χ0n) is 18.3. The van der Waals surface area contributed by atoms with Gasteiger partial charge in [0.05, 0.1) is 34.6 Å². The molecular weight excluding hydrogens is 440 g/mol. The highest BCUT2D eigenvalue weighted by molar-refractivity contribution is 5.91. The molecule has 6 rings (SSSR count). The number of benzene rings is 2. The zero-order valence-corrected chi connectivity index (χ0v) is 18.3. The summed E-state index contributed by atoms with van der Waals surface area (Å²) in [6, 6.07) is 9.16. The summed E-state index contributed by atoms with van der Waals surface area (Å²) >= 11 is 0. The van der Waals surface area contributed by atoms with Crippen LogP contribution in [0.5, 0.6) is 11.5 Å². The molecule has 0 saturated heterocycles. The number of rotatable bonds is 5. The summed E-state index contributed by atoms with van der Waals surface area (Å²) < 4.78 is 33.9. The van der Waals surface area contributed by atoms with E-state index in [0.717, 1.165) is 22.4 Å². The third kappa shape index (κ3) is 3.70.